The summed E-state index contributed by atoms with van der Waals surface area (Å²) in [5.74, 6) is 5.19. The molecular formula is C6H9ClN2OS. The van der Waals surface area contributed by atoms with Gasteiger partial charge in [-0.25, -0.2) is 10.9 Å². The van der Waals surface area contributed by atoms with Crippen LogP contribution in [0.4, 0.5) is 0 Å². The van der Waals surface area contributed by atoms with Crippen molar-refractivity contribution in [1.82, 2.24) is 4.98 Å². The van der Waals surface area contributed by atoms with Gasteiger partial charge < -0.3 is 4.84 Å². The van der Waals surface area contributed by atoms with Crippen molar-refractivity contribution in [1.29, 1.82) is 0 Å². The number of aromatic nitrogens is 1. The second kappa shape index (κ2) is 4.01. The topological polar surface area (TPSA) is 48.1 Å². The van der Waals surface area contributed by atoms with Crippen molar-refractivity contribution in [2.75, 3.05) is 6.61 Å². The lowest BCUT2D eigenvalue weighted by Crippen LogP contribution is -2.07. The minimum Gasteiger partial charge on any atom is -0.304 e. The molecule has 11 heavy (non-hydrogen) atoms. The van der Waals surface area contributed by atoms with Crippen molar-refractivity contribution in [2.45, 2.75) is 12.8 Å². The van der Waals surface area contributed by atoms with Crippen LogP contribution >= 0.6 is 22.9 Å². The summed E-state index contributed by atoms with van der Waals surface area (Å²) in [6, 6.07) is 0. The number of rotatable bonds is 3. The number of thiazole rings is 1. The van der Waals surface area contributed by atoms with Crippen molar-refractivity contribution in [3.05, 3.63) is 15.5 Å². The lowest BCUT2D eigenvalue weighted by Gasteiger charge is -2.04. The minimum atomic E-state index is 0.269. The van der Waals surface area contributed by atoms with Gasteiger partial charge in [0, 0.05) is 17.0 Å². The number of nitrogens with two attached hydrogens (primary N) is 1. The highest BCUT2D eigenvalue weighted by molar-refractivity contribution is 7.15. The number of nitrogens with zero attached hydrogens (tertiary/aromatic N) is 1. The van der Waals surface area contributed by atoms with Gasteiger partial charge in [0.2, 0.25) is 0 Å². The predicted molar refractivity (Wildman–Crippen MR) is 45.7 cm³/mol. The Labute approximate surface area is 74.1 Å². The van der Waals surface area contributed by atoms with Crippen LogP contribution in [0.3, 0.4) is 0 Å². The van der Waals surface area contributed by atoms with Crippen LogP contribution < -0.4 is 5.90 Å². The zero-order chi connectivity index (χ0) is 8.27. The fourth-order valence-corrected chi connectivity index (χ4v) is 1.71. The van der Waals surface area contributed by atoms with Gasteiger partial charge in [0.25, 0.3) is 0 Å². The average molecular weight is 193 g/mol. The molecule has 1 aromatic rings. The Morgan fingerprint density at radius 1 is 1.91 bits per heavy atom. The maximum atomic E-state index is 5.64. The highest BCUT2D eigenvalue weighted by Gasteiger charge is 2.08. The predicted octanol–water partition coefficient (Wildman–Crippen LogP) is 1.79. The molecule has 2 N–H and O–H groups in total. The summed E-state index contributed by atoms with van der Waals surface area (Å²) in [6.07, 6.45) is 1.75. The van der Waals surface area contributed by atoms with Gasteiger partial charge in [-0.2, -0.15) is 0 Å². The molecule has 1 atom stereocenters. The van der Waals surface area contributed by atoms with E-state index in [1.54, 1.807) is 6.20 Å². The van der Waals surface area contributed by atoms with E-state index in [1.807, 2.05) is 6.92 Å². The van der Waals surface area contributed by atoms with E-state index < -0.39 is 0 Å². The van der Waals surface area contributed by atoms with Gasteiger partial charge >= 0.3 is 0 Å². The molecule has 1 heterocycles. The van der Waals surface area contributed by atoms with Gasteiger partial charge in [0.15, 0.2) is 4.47 Å². The molecule has 5 heteroatoms. The van der Waals surface area contributed by atoms with Crippen molar-refractivity contribution in [3.8, 4) is 0 Å². The van der Waals surface area contributed by atoms with Crippen LogP contribution in [0.2, 0.25) is 4.47 Å². The van der Waals surface area contributed by atoms with Crippen LogP contribution in [-0.4, -0.2) is 11.6 Å². The van der Waals surface area contributed by atoms with E-state index in [2.05, 4.69) is 9.82 Å². The Hall–Kier alpha value is -0.160. The molecule has 1 aromatic heterocycles. The second-order valence-corrected chi connectivity index (χ2v) is 3.89. The van der Waals surface area contributed by atoms with E-state index in [9.17, 15) is 0 Å². The van der Waals surface area contributed by atoms with E-state index >= 15 is 0 Å². The quantitative estimate of drug-likeness (QED) is 0.743. The third-order valence-electron chi connectivity index (χ3n) is 1.33. The van der Waals surface area contributed by atoms with Crippen LogP contribution in [0, 0.1) is 0 Å². The maximum absolute atomic E-state index is 5.64. The molecule has 1 unspecified atom stereocenters. The molecule has 0 aliphatic rings. The normalized spacial score (nSPS) is 13.4. The monoisotopic (exact) mass is 192 g/mol. The lowest BCUT2D eigenvalue weighted by atomic mass is 10.2. The standard InChI is InChI=1S/C6H9ClN2OS/c1-4(3-10-8)5-2-9-6(7)11-5/h2,4H,3,8H2,1H3. The highest BCUT2D eigenvalue weighted by atomic mass is 35.5. The highest BCUT2D eigenvalue weighted by Crippen LogP contribution is 2.24. The van der Waals surface area contributed by atoms with E-state index in [4.69, 9.17) is 17.5 Å². The van der Waals surface area contributed by atoms with Crippen molar-refractivity contribution < 1.29 is 4.84 Å². The Bertz CT molecular complexity index is 228. The van der Waals surface area contributed by atoms with Crippen LogP contribution in [0.5, 0.6) is 0 Å². The molecule has 0 aliphatic carbocycles. The zero-order valence-corrected chi connectivity index (χ0v) is 7.65. The van der Waals surface area contributed by atoms with Gasteiger partial charge in [-0.15, -0.1) is 11.3 Å². The molecule has 3 nitrogen and oxygen atoms in total. The lowest BCUT2D eigenvalue weighted by molar-refractivity contribution is 0.127. The Kier molecular flexibility index (Phi) is 3.26. The molecule has 62 valence electrons. The molecule has 0 bridgehead atoms. The van der Waals surface area contributed by atoms with Gasteiger partial charge in [-0.05, 0) is 0 Å². The first kappa shape index (κ1) is 8.93. The van der Waals surface area contributed by atoms with Gasteiger partial charge in [0.05, 0.1) is 6.61 Å². The minimum absolute atomic E-state index is 0.269. The third kappa shape index (κ3) is 2.41. The molecule has 0 aliphatic heterocycles. The summed E-state index contributed by atoms with van der Waals surface area (Å²) in [6.45, 7) is 2.51. The number of halogens is 1. The summed E-state index contributed by atoms with van der Waals surface area (Å²) in [4.78, 5) is 9.51. The second-order valence-electron chi connectivity index (χ2n) is 2.25. The summed E-state index contributed by atoms with van der Waals surface area (Å²) in [7, 11) is 0. The Morgan fingerprint density at radius 3 is 3.09 bits per heavy atom. The van der Waals surface area contributed by atoms with Crippen LogP contribution in [0.25, 0.3) is 0 Å². The van der Waals surface area contributed by atoms with E-state index in [0.717, 1.165) is 4.88 Å². The fourth-order valence-electron chi connectivity index (χ4n) is 0.719. The first-order chi connectivity index (χ1) is 5.24. The van der Waals surface area contributed by atoms with Gasteiger partial charge in [-0.3, -0.25) is 0 Å². The molecule has 0 radical (unpaired) electrons. The van der Waals surface area contributed by atoms with E-state index in [-0.39, 0.29) is 5.92 Å². The maximum Gasteiger partial charge on any atom is 0.183 e. The first-order valence-electron chi connectivity index (χ1n) is 3.17. The zero-order valence-electron chi connectivity index (χ0n) is 6.08. The summed E-state index contributed by atoms with van der Waals surface area (Å²) in [5.41, 5.74) is 0. The van der Waals surface area contributed by atoms with E-state index in [0.29, 0.717) is 11.1 Å². The fraction of sp³-hybridized carbons (Fsp3) is 0.500. The van der Waals surface area contributed by atoms with Crippen molar-refractivity contribution in [3.63, 3.8) is 0 Å². The Balaban J connectivity index is 2.60. The van der Waals surface area contributed by atoms with Crippen LogP contribution in [0.1, 0.15) is 17.7 Å². The van der Waals surface area contributed by atoms with Crippen LogP contribution in [-0.2, 0) is 4.84 Å². The largest absolute Gasteiger partial charge is 0.304 e. The average Bonchev–Trinajstić information content (AvgIpc) is 2.36. The number of hydrogen-bond acceptors (Lipinski definition) is 4. The molecule has 0 saturated heterocycles. The third-order valence-corrected chi connectivity index (χ3v) is 2.67. The summed E-state index contributed by atoms with van der Waals surface area (Å²) < 4.78 is 0.559. The number of hydrogen-bond donors (Lipinski definition) is 1. The molecular weight excluding hydrogens is 184 g/mol. The summed E-state index contributed by atoms with van der Waals surface area (Å²) >= 11 is 7.09. The molecule has 0 amide bonds. The Morgan fingerprint density at radius 2 is 2.64 bits per heavy atom. The van der Waals surface area contributed by atoms with E-state index in [1.165, 1.54) is 11.3 Å². The molecule has 0 saturated carbocycles. The van der Waals surface area contributed by atoms with Crippen molar-refractivity contribution >= 4 is 22.9 Å². The molecule has 0 aromatic carbocycles. The van der Waals surface area contributed by atoms with Gasteiger partial charge in [-0.1, -0.05) is 18.5 Å². The molecule has 0 spiro atoms. The smallest absolute Gasteiger partial charge is 0.183 e. The SMILES string of the molecule is CC(CON)c1cnc(Cl)s1. The first-order valence-corrected chi connectivity index (χ1v) is 4.36. The van der Waals surface area contributed by atoms with Crippen molar-refractivity contribution in [2.24, 2.45) is 5.90 Å². The van der Waals surface area contributed by atoms with Crippen LogP contribution in [0.15, 0.2) is 6.20 Å². The molecule has 1 rings (SSSR count). The van der Waals surface area contributed by atoms with Gasteiger partial charge in [0.1, 0.15) is 0 Å². The summed E-state index contributed by atoms with van der Waals surface area (Å²) in [5, 5.41) is 0. The molecule has 0 fully saturated rings.